The number of nitrogens with zero attached hydrogens (tertiary/aromatic N) is 1. The highest BCUT2D eigenvalue weighted by Gasteiger charge is 2.42. The van der Waals surface area contributed by atoms with Gasteiger partial charge in [0.1, 0.15) is 0 Å². The largest absolute Gasteiger partial charge is 0.230 e. The van der Waals surface area contributed by atoms with Gasteiger partial charge in [-0.2, -0.15) is 5.26 Å². The van der Waals surface area contributed by atoms with Gasteiger partial charge in [0.25, 0.3) is 0 Å². The normalized spacial score (nSPS) is 12.4. The van der Waals surface area contributed by atoms with Crippen LogP contribution in [0.5, 0.6) is 0 Å². The molecule has 88 valence electrons. The van der Waals surface area contributed by atoms with Gasteiger partial charge in [0.05, 0.1) is 6.07 Å². The topological polar surface area (TPSA) is 70.0 Å². The van der Waals surface area contributed by atoms with E-state index in [0.29, 0.717) is 32.2 Å². The van der Waals surface area contributed by atoms with Gasteiger partial charge in [-0.15, -0.1) is 0 Å². The van der Waals surface area contributed by atoms with Crippen molar-refractivity contribution in [3.05, 3.63) is 0 Å². The van der Waals surface area contributed by atoms with E-state index in [1.165, 1.54) is 0 Å². The monoisotopic (exact) mass is 232 g/mol. The Kier molecular flexibility index (Phi) is 5.84. The fourth-order valence-electron chi connectivity index (χ4n) is 1.70. The van der Waals surface area contributed by atoms with Crippen LogP contribution in [0.1, 0.15) is 46.5 Å². The third-order valence-corrected chi connectivity index (χ3v) is 4.56. The Hall–Kier alpha value is -0.600. The standard InChI is InChI=1S/C10H20N2O2S/c1-4-7-10(9-11,8-5-2)15(13,14)12-6-3/h12H,4-8H2,1-3H3. The van der Waals surface area contributed by atoms with Crippen LogP contribution < -0.4 is 4.72 Å². The molecule has 0 bridgehead atoms. The minimum Gasteiger partial charge on any atom is -0.214 e. The van der Waals surface area contributed by atoms with E-state index in [0.717, 1.165) is 0 Å². The molecule has 0 saturated carbocycles. The highest BCUT2D eigenvalue weighted by atomic mass is 32.2. The van der Waals surface area contributed by atoms with Crippen LogP contribution in [0.15, 0.2) is 0 Å². The molecule has 0 unspecified atom stereocenters. The first kappa shape index (κ1) is 14.4. The van der Waals surface area contributed by atoms with Crippen molar-refractivity contribution in [2.45, 2.75) is 51.2 Å². The predicted molar refractivity (Wildman–Crippen MR) is 60.8 cm³/mol. The molecule has 15 heavy (non-hydrogen) atoms. The van der Waals surface area contributed by atoms with Crippen molar-refractivity contribution in [3.63, 3.8) is 0 Å². The summed E-state index contributed by atoms with van der Waals surface area (Å²) in [7, 11) is -3.52. The van der Waals surface area contributed by atoms with E-state index in [1.807, 2.05) is 19.9 Å². The fourth-order valence-corrected chi connectivity index (χ4v) is 3.42. The van der Waals surface area contributed by atoms with Crippen molar-refractivity contribution in [1.82, 2.24) is 4.72 Å². The van der Waals surface area contributed by atoms with E-state index in [4.69, 9.17) is 5.26 Å². The van der Waals surface area contributed by atoms with Gasteiger partial charge < -0.3 is 0 Å². The van der Waals surface area contributed by atoms with E-state index in [-0.39, 0.29) is 0 Å². The minimum atomic E-state index is -3.52. The maximum atomic E-state index is 11.9. The molecule has 0 aliphatic carbocycles. The van der Waals surface area contributed by atoms with E-state index < -0.39 is 14.8 Å². The highest BCUT2D eigenvalue weighted by molar-refractivity contribution is 7.91. The molecule has 0 aliphatic heterocycles. The van der Waals surface area contributed by atoms with Gasteiger partial charge in [0, 0.05) is 6.54 Å². The van der Waals surface area contributed by atoms with Crippen LogP contribution in [0, 0.1) is 11.3 Å². The van der Waals surface area contributed by atoms with Crippen LogP contribution in [0.2, 0.25) is 0 Å². The Bertz CT molecular complexity index is 311. The van der Waals surface area contributed by atoms with Crippen LogP contribution in [0.25, 0.3) is 0 Å². The van der Waals surface area contributed by atoms with E-state index in [1.54, 1.807) is 6.92 Å². The second kappa shape index (κ2) is 6.09. The molecule has 0 spiro atoms. The molecule has 1 N–H and O–H groups in total. The third kappa shape index (κ3) is 3.18. The SMILES string of the molecule is CCCC(C#N)(CCC)S(=O)(=O)NCC. The van der Waals surface area contributed by atoms with Crippen molar-refractivity contribution < 1.29 is 8.42 Å². The Balaban J connectivity index is 5.16. The summed E-state index contributed by atoms with van der Waals surface area (Å²) in [5.41, 5.74) is 0. The Labute approximate surface area is 92.7 Å². The summed E-state index contributed by atoms with van der Waals surface area (Å²) in [6.45, 7) is 5.84. The number of hydrogen-bond acceptors (Lipinski definition) is 3. The van der Waals surface area contributed by atoms with Gasteiger partial charge >= 0.3 is 0 Å². The first-order valence-corrected chi connectivity index (χ1v) is 6.88. The zero-order valence-electron chi connectivity index (χ0n) is 9.71. The average molecular weight is 232 g/mol. The summed E-state index contributed by atoms with van der Waals surface area (Å²) < 4.78 is 25.0. The van der Waals surface area contributed by atoms with Gasteiger partial charge in [-0.1, -0.05) is 33.6 Å². The maximum absolute atomic E-state index is 11.9. The van der Waals surface area contributed by atoms with Crippen molar-refractivity contribution in [1.29, 1.82) is 5.26 Å². The lowest BCUT2D eigenvalue weighted by Crippen LogP contribution is -2.45. The Morgan fingerprint density at radius 1 is 1.20 bits per heavy atom. The zero-order chi connectivity index (χ0) is 11.9. The molecule has 0 fully saturated rings. The number of nitrogens with one attached hydrogen (secondary N) is 1. The first-order valence-electron chi connectivity index (χ1n) is 5.40. The lowest BCUT2D eigenvalue weighted by atomic mass is 9.99. The number of sulfonamides is 1. The molecular formula is C10H20N2O2S. The highest BCUT2D eigenvalue weighted by Crippen LogP contribution is 2.27. The molecule has 0 aromatic rings. The smallest absolute Gasteiger partial charge is 0.214 e. The van der Waals surface area contributed by atoms with E-state index in [9.17, 15) is 8.42 Å². The second-order valence-electron chi connectivity index (χ2n) is 3.61. The molecule has 0 saturated heterocycles. The summed E-state index contributed by atoms with van der Waals surface area (Å²) in [4.78, 5) is 0. The lowest BCUT2D eigenvalue weighted by molar-refractivity contribution is 0.499. The molecule has 0 rings (SSSR count). The molecule has 0 aliphatic rings. The second-order valence-corrected chi connectivity index (χ2v) is 5.68. The Morgan fingerprint density at radius 2 is 1.67 bits per heavy atom. The van der Waals surface area contributed by atoms with Crippen LogP contribution in [-0.4, -0.2) is 19.7 Å². The molecular weight excluding hydrogens is 212 g/mol. The molecule has 0 atom stereocenters. The van der Waals surface area contributed by atoms with E-state index >= 15 is 0 Å². The summed E-state index contributed by atoms with van der Waals surface area (Å²) in [5, 5.41) is 9.13. The lowest BCUT2D eigenvalue weighted by Gasteiger charge is -2.25. The van der Waals surface area contributed by atoms with Crippen molar-refractivity contribution >= 4 is 10.0 Å². The molecule has 0 radical (unpaired) electrons. The molecule has 0 aromatic carbocycles. The van der Waals surface area contributed by atoms with E-state index in [2.05, 4.69) is 4.72 Å². The van der Waals surface area contributed by atoms with Crippen LogP contribution in [0.3, 0.4) is 0 Å². The fraction of sp³-hybridized carbons (Fsp3) is 0.900. The van der Waals surface area contributed by atoms with Gasteiger partial charge in [-0.05, 0) is 12.8 Å². The van der Waals surface area contributed by atoms with Gasteiger partial charge in [0.15, 0.2) is 4.75 Å². The number of nitriles is 1. The van der Waals surface area contributed by atoms with Gasteiger partial charge in [-0.3, -0.25) is 0 Å². The zero-order valence-corrected chi connectivity index (χ0v) is 10.5. The summed E-state index contributed by atoms with van der Waals surface area (Å²) in [6, 6.07) is 1.99. The summed E-state index contributed by atoms with van der Waals surface area (Å²) in [5.74, 6) is 0. The number of hydrogen-bond donors (Lipinski definition) is 1. The van der Waals surface area contributed by atoms with Crippen molar-refractivity contribution in [2.75, 3.05) is 6.54 Å². The summed E-state index contributed by atoms with van der Waals surface area (Å²) >= 11 is 0. The molecule has 4 nitrogen and oxygen atoms in total. The minimum absolute atomic E-state index is 0.333. The van der Waals surface area contributed by atoms with Crippen LogP contribution in [0.4, 0.5) is 0 Å². The first-order chi connectivity index (χ1) is 6.99. The predicted octanol–water partition coefficient (Wildman–Crippen LogP) is 1.79. The molecule has 0 heterocycles. The van der Waals surface area contributed by atoms with Crippen molar-refractivity contribution in [2.24, 2.45) is 0 Å². The summed E-state index contributed by atoms with van der Waals surface area (Å²) in [6.07, 6.45) is 2.18. The Morgan fingerprint density at radius 3 is 1.93 bits per heavy atom. The average Bonchev–Trinajstić information content (AvgIpc) is 2.17. The molecule has 0 amide bonds. The van der Waals surface area contributed by atoms with Gasteiger partial charge in [-0.25, -0.2) is 13.1 Å². The van der Waals surface area contributed by atoms with Crippen LogP contribution in [-0.2, 0) is 10.0 Å². The van der Waals surface area contributed by atoms with Crippen LogP contribution >= 0.6 is 0 Å². The maximum Gasteiger partial charge on any atom is 0.230 e. The van der Waals surface area contributed by atoms with Gasteiger partial charge in [0.2, 0.25) is 10.0 Å². The van der Waals surface area contributed by atoms with Crippen molar-refractivity contribution in [3.8, 4) is 6.07 Å². The third-order valence-electron chi connectivity index (χ3n) is 2.36. The number of rotatable bonds is 7. The molecule has 5 heteroatoms. The quantitative estimate of drug-likeness (QED) is 0.727. The molecule has 0 aromatic heterocycles.